The van der Waals surface area contributed by atoms with Gasteiger partial charge in [-0.15, -0.1) is 0 Å². The predicted molar refractivity (Wildman–Crippen MR) is 41.8 cm³/mol. The molecule has 0 aromatic heterocycles. The van der Waals surface area contributed by atoms with Crippen molar-refractivity contribution in [1.82, 2.24) is 0 Å². The van der Waals surface area contributed by atoms with Gasteiger partial charge in [0, 0.05) is 18.6 Å². The van der Waals surface area contributed by atoms with Crippen molar-refractivity contribution in [3.8, 4) is 0 Å². The average molecular weight is 150 g/mol. The molecule has 0 saturated carbocycles. The largest absolute Gasteiger partial charge is 0.477 e. The van der Waals surface area contributed by atoms with Crippen LogP contribution < -0.4 is 0 Å². The van der Waals surface area contributed by atoms with Crippen LogP contribution in [0.5, 0.6) is 0 Å². The van der Waals surface area contributed by atoms with Crippen molar-refractivity contribution < 1.29 is 9.90 Å². The van der Waals surface area contributed by atoms with Crippen molar-refractivity contribution in [2.24, 2.45) is 9.98 Å². The fourth-order valence-electron chi connectivity index (χ4n) is 0.544. The SMILES string of the molecule is O=C(O)C1=CC=NC=CC=N1. The monoisotopic (exact) mass is 150 g/mol. The Bertz CT molecular complexity index is 274. The molecule has 0 amide bonds. The smallest absolute Gasteiger partial charge is 0.354 e. The average Bonchev–Trinajstić information content (AvgIpc) is 1.84. The summed E-state index contributed by atoms with van der Waals surface area (Å²) < 4.78 is 0. The van der Waals surface area contributed by atoms with Gasteiger partial charge in [-0.25, -0.2) is 9.79 Å². The molecule has 0 spiro atoms. The molecule has 11 heavy (non-hydrogen) atoms. The van der Waals surface area contributed by atoms with E-state index in [1.165, 1.54) is 24.7 Å². The summed E-state index contributed by atoms with van der Waals surface area (Å²) in [5.74, 6) is -1.05. The van der Waals surface area contributed by atoms with Crippen LogP contribution in [0.2, 0.25) is 0 Å². The number of carboxylic acid groups (broad SMARTS) is 1. The van der Waals surface area contributed by atoms with E-state index < -0.39 is 5.97 Å². The number of hydrogen-bond acceptors (Lipinski definition) is 3. The Kier molecular flexibility index (Phi) is 2.32. The van der Waals surface area contributed by atoms with Gasteiger partial charge in [0.15, 0.2) is 0 Å². The first-order valence-electron chi connectivity index (χ1n) is 2.96. The molecule has 0 bridgehead atoms. The summed E-state index contributed by atoms with van der Waals surface area (Å²) in [4.78, 5) is 17.7. The molecular formula is C7H6N2O2. The van der Waals surface area contributed by atoms with E-state index in [9.17, 15) is 4.79 Å². The molecule has 0 saturated heterocycles. The number of aliphatic carboxylic acids is 1. The lowest BCUT2D eigenvalue weighted by molar-refractivity contribution is -0.132. The van der Waals surface area contributed by atoms with E-state index in [0.717, 1.165) is 0 Å². The van der Waals surface area contributed by atoms with Gasteiger partial charge in [0.25, 0.3) is 0 Å². The number of carbonyl (C=O) groups is 1. The second-order valence-electron chi connectivity index (χ2n) is 1.77. The molecule has 1 aliphatic heterocycles. The van der Waals surface area contributed by atoms with E-state index in [2.05, 4.69) is 9.98 Å². The molecule has 4 nitrogen and oxygen atoms in total. The van der Waals surface area contributed by atoms with E-state index in [1.807, 2.05) is 0 Å². The van der Waals surface area contributed by atoms with Gasteiger partial charge in [-0.1, -0.05) is 0 Å². The van der Waals surface area contributed by atoms with Crippen LogP contribution in [0.25, 0.3) is 0 Å². The molecule has 0 aromatic carbocycles. The van der Waals surface area contributed by atoms with Crippen LogP contribution in [0, 0.1) is 0 Å². The molecule has 4 heteroatoms. The maximum Gasteiger partial charge on any atom is 0.354 e. The maximum absolute atomic E-state index is 10.4. The zero-order valence-corrected chi connectivity index (χ0v) is 5.64. The lowest BCUT2D eigenvalue weighted by Crippen LogP contribution is -1.98. The third kappa shape index (κ3) is 2.17. The number of carboxylic acids is 1. The number of aliphatic imine (C=N–C) groups is 2. The number of allylic oxidation sites excluding steroid dienone is 2. The van der Waals surface area contributed by atoms with Crippen LogP contribution in [-0.2, 0) is 4.79 Å². The quantitative estimate of drug-likeness (QED) is 0.595. The lowest BCUT2D eigenvalue weighted by atomic mass is 10.4. The standard InChI is InChI=1S/C7H6N2O2/c10-7(11)6-2-5-8-3-1-4-9-6/h1-5H,(H,10,11). The Balaban J connectivity index is 2.87. The number of rotatable bonds is 1. The van der Waals surface area contributed by atoms with Crippen molar-refractivity contribution in [3.63, 3.8) is 0 Å². The summed E-state index contributed by atoms with van der Waals surface area (Å²) in [7, 11) is 0. The summed E-state index contributed by atoms with van der Waals surface area (Å²) in [6, 6.07) is 0. The topological polar surface area (TPSA) is 62.0 Å². The fourth-order valence-corrected chi connectivity index (χ4v) is 0.544. The second kappa shape index (κ2) is 3.46. The van der Waals surface area contributed by atoms with E-state index in [0.29, 0.717) is 0 Å². The predicted octanol–water partition coefficient (Wildman–Crippen LogP) is 0.624. The number of hydrogen-bond donors (Lipinski definition) is 1. The minimum atomic E-state index is -1.05. The molecule has 1 aliphatic rings. The maximum atomic E-state index is 10.4. The molecule has 0 unspecified atom stereocenters. The summed E-state index contributed by atoms with van der Waals surface area (Å²) in [5, 5.41) is 8.49. The van der Waals surface area contributed by atoms with Crippen molar-refractivity contribution in [3.05, 3.63) is 24.0 Å². The van der Waals surface area contributed by atoms with Gasteiger partial charge >= 0.3 is 5.97 Å². The molecular weight excluding hydrogens is 144 g/mol. The van der Waals surface area contributed by atoms with E-state index in [-0.39, 0.29) is 5.70 Å². The molecule has 56 valence electrons. The molecule has 1 rings (SSSR count). The minimum absolute atomic E-state index is 0.0156. The van der Waals surface area contributed by atoms with Crippen molar-refractivity contribution in [1.29, 1.82) is 0 Å². The highest BCUT2D eigenvalue weighted by atomic mass is 16.4. The third-order valence-corrected chi connectivity index (χ3v) is 1.01. The van der Waals surface area contributed by atoms with Crippen LogP contribution in [0.4, 0.5) is 0 Å². The third-order valence-electron chi connectivity index (χ3n) is 1.01. The van der Waals surface area contributed by atoms with Crippen molar-refractivity contribution >= 4 is 18.4 Å². The Morgan fingerprint density at radius 3 is 3.00 bits per heavy atom. The molecule has 0 aromatic rings. The van der Waals surface area contributed by atoms with Gasteiger partial charge in [-0.05, 0) is 12.2 Å². The zero-order chi connectivity index (χ0) is 8.10. The van der Waals surface area contributed by atoms with Gasteiger partial charge in [0.1, 0.15) is 5.70 Å². The van der Waals surface area contributed by atoms with Crippen LogP contribution in [0.1, 0.15) is 0 Å². The summed E-state index contributed by atoms with van der Waals surface area (Å²) in [6.45, 7) is 0. The highest BCUT2D eigenvalue weighted by molar-refractivity contribution is 5.94. The summed E-state index contributed by atoms with van der Waals surface area (Å²) >= 11 is 0. The van der Waals surface area contributed by atoms with Gasteiger partial charge in [-0.2, -0.15) is 0 Å². The first kappa shape index (κ1) is 7.40. The van der Waals surface area contributed by atoms with Crippen LogP contribution in [-0.4, -0.2) is 23.5 Å². The second-order valence-corrected chi connectivity index (χ2v) is 1.77. The van der Waals surface area contributed by atoms with E-state index >= 15 is 0 Å². The Labute approximate surface area is 63.3 Å². The molecule has 0 aliphatic carbocycles. The van der Waals surface area contributed by atoms with Gasteiger partial charge in [-0.3, -0.25) is 4.99 Å². The normalized spacial score (nSPS) is 15.5. The Morgan fingerprint density at radius 2 is 2.27 bits per heavy atom. The Hall–Kier alpha value is -1.71. The molecule has 1 heterocycles. The lowest BCUT2D eigenvalue weighted by Gasteiger charge is -1.91. The fraction of sp³-hybridized carbons (Fsp3) is 0. The highest BCUT2D eigenvalue weighted by Crippen LogP contribution is 1.95. The number of nitrogens with zero attached hydrogens (tertiary/aromatic N) is 2. The summed E-state index contributed by atoms with van der Waals surface area (Å²) in [5.41, 5.74) is -0.0156. The zero-order valence-electron chi connectivity index (χ0n) is 5.64. The molecule has 0 radical (unpaired) electrons. The van der Waals surface area contributed by atoms with Gasteiger partial charge in [0.05, 0.1) is 0 Å². The van der Waals surface area contributed by atoms with Crippen molar-refractivity contribution in [2.45, 2.75) is 0 Å². The Morgan fingerprint density at radius 1 is 1.45 bits per heavy atom. The van der Waals surface area contributed by atoms with E-state index in [1.54, 1.807) is 6.08 Å². The molecule has 1 N–H and O–H groups in total. The van der Waals surface area contributed by atoms with E-state index in [4.69, 9.17) is 5.11 Å². The van der Waals surface area contributed by atoms with Crippen LogP contribution >= 0.6 is 0 Å². The first-order chi connectivity index (χ1) is 5.30. The van der Waals surface area contributed by atoms with Gasteiger partial charge < -0.3 is 5.11 Å². The minimum Gasteiger partial charge on any atom is -0.477 e. The van der Waals surface area contributed by atoms with Crippen LogP contribution in [0.3, 0.4) is 0 Å². The van der Waals surface area contributed by atoms with Crippen LogP contribution in [0.15, 0.2) is 34.0 Å². The summed E-state index contributed by atoms with van der Waals surface area (Å²) in [6.07, 6.45) is 7.19. The van der Waals surface area contributed by atoms with Crippen molar-refractivity contribution in [2.75, 3.05) is 0 Å². The molecule has 0 atom stereocenters. The first-order valence-corrected chi connectivity index (χ1v) is 2.96. The van der Waals surface area contributed by atoms with Gasteiger partial charge in [0.2, 0.25) is 0 Å². The highest BCUT2D eigenvalue weighted by Gasteiger charge is 2.01. The molecule has 0 fully saturated rings.